The molecular weight excluding hydrogens is 374 g/mol. The summed E-state index contributed by atoms with van der Waals surface area (Å²) in [6.07, 6.45) is 5.78. The Hall–Kier alpha value is -2.80. The molecule has 3 amide bonds. The van der Waals surface area contributed by atoms with Crippen LogP contribution >= 0.6 is 11.3 Å². The van der Waals surface area contributed by atoms with Gasteiger partial charge in [-0.05, 0) is 44.7 Å². The van der Waals surface area contributed by atoms with Crippen LogP contribution in [0.5, 0.6) is 0 Å². The highest BCUT2D eigenvalue weighted by molar-refractivity contribution is 7.16. The van der Waals surface area contributed by atoms with Crippen molar-refractivity contribution in [1.82, 2.24) is 9.88 Å². The third-order valence-electron chi connectivity index (χ3n) is 5.21. The summed E-state index contributed by atoms with van der Waals surface area (Å²) in [7, 11) is 0. The maximum Gasteiger partial charge on any atom is 0.262 e. The van der Waals surface area contributed by atoms with Crippen LogP contribution in [0.1, 0.15) is 51.1 Å². The van der Waals surface area contributed by atoms with Gasteiger partial charge in [0, 0.05) is 11.4 Å². The third-order valence-corrected chi connectivity index (χ3v) is 6.39. The van der Waals surface area contributed by atoms with Gasteiger partial charge in [-0.15, -0.1) is 17.9 Å². The molecule has 1 aliphatic carbocycles. The van der Waals surface area contributed by atoms with Gasteiger partial charge in [0.15, 0.2) is 5.13 Å². The molecule has 0 N–H and O–H groups in total. The summed E-state index contributed by atoms with van der Waals surface area (Å²) in [6.45, 7) is 5.61. The van der Waals surface area contributed by atoms with Crippen molar-refractivity contribution in [3.8, 4) is 0 Å². The lowest BCUT2D eigenvalue weighted by Crippen LogP contribution is -2.49. The molecule has 1 atom stereocenters. The number of imide groups is 1. The zero-order chi connectivity index (χ0) is 19.8. The van der Waals surface area contributed by atoms with Crippen molar-refractivity contribution in [2.75, 3.05) is 11.4 Å². The minimum Gasteiger partial charge on any atom is -0.282 e. The minimum absolute atomic E-state index is 0.277. The van der Waals surface area contributed by atoms with Gasteiger partial charge in [0.05, 0.1) is 16.8 Å². The van der Waals surface area contributed by atoms with Crippen LogP contribution in [0.25, 0.3) is 0 Å². The van der Waals surface area contributed by atoms with E-state index < -0.39 is 17.9 Å². The highest BCUT2D eigenvalue weighted by atomic mass is 32.1. The molecule has 7 heteroatoms. The topological polar surface area (TPSA) is 70.6 Å². The molecule has 1 unspecified atom stereocenters. The largest absolute Gasteiger partial charge is 0.282 e. The summed E-state index contributed by atoms with van der Waals surface area (Å²) in [5.74, 6) is -1.20. The number of nitrogens with zero attached hydrogens (tertiary/aromatic N) is 3. The molecule has 0 spiro atoms. The van der Waals surface area contributed by atoms with Gasteiger partial charge in [-0.3, -0.25) is 24.2 Å². The molecule has 4 rings (SSSR count). The first kappa shape index (κ1) is 18.6. The first-order chi connectivity index (χ1) is 13.5. The fourth-order valence-corrected chi connectivity index (χ4v) is 4.90. The van der Waals surface area contributed by atoms with E-state index in [1.807, 2.05) is 0 Å². The van der Waals surface area contributed by atoms with Crippen LogP contribution in [0.3, 0.4) is 0 Å². The van der Waals surface area contributed by atoms with Crippen molar-refractivity contribution in [2.45, 2.75) is 38.6 Å². The van der Waals surface area contributed by atoms with E-state index in [2.05, 4.69) is 11.6 Å². The van der Waals surface area contributed by atoms with Gasteiger partial charge in [0.2, 0.25) is 0 Å². The van der Waals surface area contributed by atoms with Crippen molar-refractivity contribution in [3.05, 3.63) is 58.6 Å². The molecule has 0 bridgehead atoms. The van der Waals surface area contributed by atoms with E-state index in [1.165, 1.54) is 21.1 Å². The maximum atomic E-state index is 13.3. The highest BCUT2D eigenvalue weighted by Gasteiger charge is 2.42. The third kappa shape index (κ3) is 2.96. The van der Waals surface area contributed by atoms with E-state index in [4.69, 9.17) is 0 Å². The van der Waals surface area contributed by atoms with Crippen LogP contribution in [0.4, 0.5) is 5.13 Å². The summed E-state index contributed by atoms with van der Waals surface area (Å²) in [6, 6.07) is 5.73. The molecule has 0 saturated carbocycles. The average Bonchev–Trinajstić information content (AvgIpc) is 3.25. The van der Waals surface area contributed by atoms with Gasteiger partial charge in [0.1, 0.15) is 6.04 Å². The van der Waals surface area contributed by atoms with Crippen molar-refractivity contribution >= 4 is 34.2 Å². The number of thiazole rings is 1. The van der Waals surface area contributed by atoms with Gasteiger partial charge in [0.25, 0.3) is 17.7 Å². The number of anilines is 1. The van der Waals surface area contributed by atoms with Gasteiger partial charge in [-0.1, -0.05) is 18.2 Å². The van der Waals surface area contributed by atoms with E-state index >= 15 is 0 Å². The van der Waals surface area contributed by atoms with E-state index in [0.29, 0.717) is 16.3 Å². The monoisotopic (exact) mass is 395 g/mol. The molecule has 144 valence electrons. The predicted octanol–water partition coefficient (Wildman–Crippen LogP) is 3.23. The van der Waals surface area contributed by atoms with Crippen LogP contribution in [-0.2, 0) is 17.6 Å². The molecule has 2 heterocycles. The van der Waals surface area contributed by atoms with Crippen LogP contribution < -0.4 is 4.90 Å². The molecule has 0 fully saturated rings. The molecule has 1 aromatic heterocycles. The molecule has 6 nitrogen and oxygen atoms in total. The molecule has 0 radical (unpaired) electrons. The first-order valence-corrected chi connectivity index (χ1v) is 10.2. The number of aryl methyl sites for hydroxylation is 2. The van der Waals surface area contributed by atoms with Crippen LogP contribution in [0.2, 0.25) is 0 Å². The highest BCUT2D eigenvalue weighted by Crippen LogP contribution is 2.33. The lowest BCUT2D eigenvalue weighted by molar-refractivity contribution is -0.121. The fraction of sp³-hybridized carbons (Fsp3) is 0.333. The van der Waals surface area contributed by atoms with Crippen molar-refractivity contribution in [2.24, 2.45) is 0 Å². The van der Waals surface area contributed by atoms with Crippen molar-refractivity contribution in [1.29, 1.82) is 0 Å². The number of hydrogen-bond donors (Lipinski definition) is 0. The van der Waals surface area contributed by atoms with E-state index in [0.717, 1.165) is 36.3 Å². The van der Waals surface area contributed by atoms with E-state index in [1.54, 1.807) is 37.3 Å². The number of fused-ring (bicyclic) bond motifs is 2. The molecule has 0 saturated heterocycles. The second-order valence-corrected chi connectivity index (χ2v) is 8.07. The van der Waals surface area contributed by atoms with Gasteiger partial charge in [-0.25, -0.2) is 4.98 Å². The van der Waals surface area contributed by atoms with Crippen molar-refractivity contribution < 1.29 is 14.4 Å². The maximum absolute atomic E-state index is 13.3. The van der Waals surface area contributed by atoms with Crippen LogP contribution in [-0.4, -0.2) is 40.2 Å². The SMILES string of the molecule is C=CCN(C(=O)C(C)N1C(=O)c2ccccc2C1=O)c1nc2c(s1)CCCC2. The number of rotatable bonds is 5. The van der Waals surface area contributed by atoms with Crippen LogP contribution in [0.15, 0.2) is 36.9 Å². The summed E-state index contributed by atoms with van der Waals surface area (Å²) in [5.41, 5.74) is 1.74. The molecule has 2 aliphatic rings. The Bertz CT molecular complexity index is 923. The second kappa shape index (κ2) is 7.31. The lowest BCUT2D eigenvalue weighted by atomic mass is 10.0. The predicted molar refractivity (Wildman–Crippen MR) is 108 cm³/mol. The minimum atomic E-state index is -0.923. The zero-order valence-electron chi connectivity index (χ0n) is 15.7. The normalized spacial score (nSPS) is 16.5. The Morgan fingerprint density at radius 2 is 1.89 bits per heavy atom. The summed E-state index contributed by atoms with van der Waals surface area (Å²) in [4.78, 5) is 47.2. The zero-order valence-corrected chi connectivity index (χ0v) is 16.5. The van der Waals surface area contributed by atoms with Gasteiger partial charge < -0.3 is 0 Å². The van der Waals surface area contributed by atoms with Gasteiger partial charge in [-0.2, -0.15) is 0 Å². The number of hydrogen-bond acceptors (Lipinski definition) is 5. The summed E-state index contributed by atoms with van der Waals surface area (Å²) >= 11 is 1.52. The number of benzene rings is 1. The quantitative estimate of drug-likeness (QED) is 0.576. The number of carbonyl (C=O) groups is 3. The smallest absolute Gasteiger partial charge is 0.262 e. The number of carbonyl (C=O) groups excluding carboxylic acids is 3. The Labute approximate surface area is 167 Å². The number of aromatic nitrogens is 1. The molecule has 1 aliphatic heterocycles. The lowest BCUT2D eigenvalue weighted by Gasteiger charge is -2.27. The van der Waals surface area contributed by atoms with Crippen molar-refractivity contribution in [3.63, 3.8) is 0 Å². The Morgan fingerprint density at radius 3 is 2.50 bits per heavy atom. The first-order valence-electron chi connectivity index (χ1n) is 9.40. The van der Waals surface area contributed by atoms with E-state index in [-0.39, 0.29) is 12.5 Å². The summed E-state index contributed by atoms with van der Waals surface area (Å²) in [5, 5.41) is 0.611. The average molecular weight is 395 g/mol. The standard InChI is InChI=1S/C21H21N3O3S/c1-3-12-23(21-22-16-10-6-7-11-17(16)28-21)18(25)13(2)24-19(26)14-8-4-5-9-15(14)20(24)27/h3-5,8-9,13H,1,6-7,10-12H2,2H3. The fourth-order valence-electron chi connectivity index (χ4n) is 3.74. The number of amides is 3. The Kier molecular flexibility index (Phi) is 4.85. The Balaban J connectivity index is 1.63. The van der Waals surface area contributed by atoms with Crippen LogP contribution in [0, 0.1) is 0 Å². The molecule has 1 aromatic carbocycles. The molecule has 2 aromatic rings. The molecular formula is C21H21N3O3S. The van der Waals surface area contributed by atoms with E-state index in [9.17, 15) is 14.4 Å². The van der Waals surface area contributed by atoms with Gasteiger partial charge >= 0.3 is 0 Å². The summed E-state index contributed by atoms with van der Waals surface area (Å²) < 4.78 is 0. The second-order valence-electron chi connectivity index (χ2n) is 7.01. The molecule has 28 heavy (non-hydrogen) atoms. The Morgan fingerprint density at radius 1 is 1.25 bits per heavy atom.